The number of nitrogens with zero attached hydrogens (tertiary/aromatic N) is 3. The molecule has 0 bridgehead atoms. The average molecular weight is 403 g/mol. The first-order chi connectivity index (χ1) is 14.2. The van der Waals surface area contributed by atoms with E-state index in [2.05, 4.69) is 21.2 Å². The molecule has 2 fully saturated rings. The van der Waals surface area contributed by atoms with Crippen LogP contribution in [-0.2, 0) is 11.3 Å². The number of aliphatic hydroxyl groups is 1. The summed E-state index contributed by atoms with van der Waals surface area (Å²) in [7, 11) is 0. The van der Waals surface area contributed by atoms with E-state index in [1.807, 2.05) is 0 Å². The number of rotatable bonds is 7. The number of hydrogen-bond acceptors (Lipinski definition) is 6. The van der Waals surface area contributed by atoms with Crippen molar-refractivity contribution in [2.75, 3.05) is 64.0 Å². The standard InChI is InChI=1S/C22H31FN4O2/c23-20-4-3-18-12-19(14-24-5-7-26-8-10-29-11-9-26)22(25-21(18)13-20)27-6-1-2-17(15-27)16-28/h3-4,12-13,17,24,28H,1-2,5-11,14-16H2. The van der Waals surface area contributed by atoms with Gasteiger partial charge in [-0.05, 0) is 37.0 Å². The summed E-state index contributed by atoms with van der Waals surface area (Å²) in [4.78, 5) is 9.50. The predicted octanol–water partition coefficient (Wildman–Crippen LogP) is 2.00. The van der Waals surface area contributed by atoms with E-state index in [9.17, 15) is 9.50 Å². The average Bonchev–Trinajstić information content (AvgIpc) is 2.77. The second kappa shape index (κ2) is 9.80. The Bertz CT molecular complexity index is 813. The van der Waals surface area contributed by atoms with Gasteiger partial charge in [0.25, 0.3) is 0 Å². The van der Waals surface area contributed by atoms with E-state index < -0.39 is 0 Å². The highest BCUT2D eigenvalue weighted by molar-refractivity contribution is 5.82. The number of ether oxygens (including phenoxy) is 1. The van der Waals surface area contributed by atoms with Gasteiger partial charge in [-0.15, -0.1) is 0 Å². The summed E-state index contributed by atoms with van der Waals surface area (Å²) in [6, 6.07) is 6.91. The molecule has 0 spiro atoms. The molecule has 6 nitrogen and oxygen atoms in total. The fourth-order valence-corrected chi connectivity index (χ4v) is 4.27. The number of morpholine rings is 1. The number of pyridine rings is 1. The molecule has 7 heteroatoms. The summed E-state index contributed by atoms with van der Waals surface area (Å²) in [5.74, 6) is 0.926. The summed E-state index contributed by atoms with van der Waals surface area (Å²) < 4.78 is 19.1. The van der Waals surface area contributed by atoms with Crippen molar-refractivity contribution in [3.8, 4) is 0 Å². The van der Waals surface area contributed by atoms with Crippen molar-refractivity contribution >= 4 is 16.7 Å². The lowest BCUT2D eigenvalue weighted by Crippen LogP contribution is -2.40. The Morgan fingerprint density at radius 3 is 2.90 bits per heavy atom. The van der Waals surface area contributed by atoms with Crippen LogP contribution in [0.5, 0.6) is 0 Å². The summed E-state index contributed by atoms with van der Waals surface area (Å²) in [6.07, 6.45) is 2.08. The lowest BCUT2D eigenvalue weighted by molar-refractivity contribution is 0.0384. The van der Waals surface area contributed by atoms with Crippen LogP contribution in [0.25, 0.3) is 10.9 Å². The molecule has 2 aliphatic heterocycles. The first-order valence-electron chi connectivity index (χ1n) is 10.7. The lowest BCUT2D eigenvalue weighted by atomic mass is 9.98. The van der Waals surface area contributed by atoms with Crippen LogP contribution < -0.4 is 10.2 Å². The topological polar surface area (TPSA) is 60.9 Å². The smallest absolute Gasteiger partial charge is 0.133 e. The molecule has 1 aromatic carbocycles. The molecule has 0 radical (unpaired) electrons. The quantitative estimate of drug-likeness (QED) is 0.691. The van der Waals surface area contributed by atoms with Crippen LogP contribution in [0.15, 0.2) is 24.3 Å². The van der Waals surface area contributed by atoms with Crippen molar-refractivity contribution in [2.24, 2.45) is 5.92 Å². The number of aromatic nitrogens is 1. The van der Waals surface area contributed by atoms with E-state index in [-0.39, 0.29) is 18.3 Å². The molecule has 29 heavy (non-hydrogen) atoms. The highest BCUT2D eigenvalue weighted by Crippen LogP contribution is 2.28. The zero-order chi connectivity index (χ0) is 20.1. The van der Waals surface area contributed by atoms with Gasteiger partial charge in [0.1, 0.15) is 11.6 Å². The second-order valence-electron chi connectivity index (χ2n) is 8.08. The minimum absolute atomic E-state index is 0.200. The molecule has 1 atom stereocenters. The highest BCUT2D eigenvalue weighted by atomic mass is 19.1. The van der Waals surface area contributed by atoms with E-state index >= 15 is 0 Å². The van der Waals surface area contributed by atoms with Gasteiger partial charge in [0.15, 0.2) is 0 Å². The fraction of sp³-hybridized carbons (Fsp3) is 0.591. The van der Waals surface area contributed by atoms with Gasteiger partial charge >= 0.3 is 0 Å². The Kier molecular flexibility index (Phi) is 6.92. The van der Waals surface area contributed by atoms with Crippen LogP contribution in [0.3, 0.4) is 0 Å². The number of anilines is 1. The predicted molar refractivity (Wildman–Crippen MR) is 113 cm³/mol. The van der Waals surface area contributed by atoms with Gasteiger partial charge in [-0.1, -0.05) is 0 Å². The van der Waals surface area contributed by atoms with Crippen molar-refractivity contribution in [3.05, 3.63) is 35.6 Å². The normalized spacial score (nSPS) is 21.0. The molecular formula is C22H31FN4O2. The Hall–Kier alpha value is -1.80. The molecule has 4 rings (SSSR count). The maximum absolute atomic E-state index is 13.7. The monoisotopic (exact) mass is 402 g/mol. The summed E-state index contributed by atoms with van der Waals surface area (Å²) in [6.45, 7) is 8.16. The highest BCUT2D eigenvalue weighted by Gasteiger charge is 2.23. The molecule has 3 heterocycles. The van der Waals surface area contributed by atoms with Crippen molar-refractivity contribution in [3.63, 3.8) is 0 Å². The van der Waals surface area contributed by atoms with E-state index in [4.69, 9.17) is 9.72 Å². The van der Waals surface area contributed by atoms with E-state index in [1.165, 1.54) is 12.1 Å². The number of hydrogen-bond donors (Lipinski definition) is 2. The van der Waals surface area contributed by atoms with Crippen LogP contribution in [0.4, 0.5) is 10.2 Å². The molecule has 2 N–H and O–H groups in total. The third kappa shape index (κ3) is 5.22. The van der Waals surface area contributed by atoms with Crippen molar-refractivity contribution in [2.45, 2.75) is 19.4 Å². The maximum atomic E-state index is 13.7. The first-order valence-corrected chi connectivity index (χ1v) is 10.7. The Balaban J connectivity index is 1.49. The number of aliphatic hydroxyl groups excluding tert-OH is 1. The van der Waals surface area contributed by atoms with Gasteiger partial charge in [0.05, 0.1) is 18.7 Å². The third-order valence-electron chi connectivity index (χ3n) is 5.94. The number of fused-ring (bicyclic) bond motifs is 1. The van der Waals surface area contributed by atoms with Crippen LogP contribution >= 0.6 is 0 Å². The van der Waals surface area contributed by atoms with Gasteiger partial charge < -0.3 is 20.1 Å². The van der Waals surface area contributed by atoms with E-state index in [0.29, 0.717) is 5.52 Å². The van der Waals surface area contributed by atoms with Gasteiger partial charge in [-0.25, -0.2) is 9.37 Å². The number of halogens is 1. The molecule has 0 aliphatic carbocycles. The summed E-state index contributed by atoms with van der Waals surface area (Å²) in [5.41, 5.74) is 1.81. The zero-order valence-electron chi connectivity index (χ0n) is 16.9. The number of piperidine rings is 1. The molecule has 1 aromatic heterocycles. The first kappa shape index (κ1) is 20.5. The molecular weight excluding hydrogens is 371 g/mol. The fourth-order valence-electron chi connectivity index (χ4n) is 4.27. The Morgan fingerprint density at radius 2 is 2.07 bits per heavy atom. The van der Waals surface area contributed by atoms with Crippen molar-refractivity contribution in [1.82, 2.24) is 15.2 Å². The molecule has 2 saturated heterocycles. The third-order valence-corrected chi connectivity index (χ3v) is 5.94. The minimum Gasteiger partial charge on any atom is -0.396 e. The van der Waals surface area contributed by atoms with Gasteiger partial charge in [-0.2, -0.15) is 0 Å². The van der Waals surface area contributed by atoms with Gasteiger partial charge in [0, 0.05) is 69.4 Å². The van der Waals surface area contributed by atoms with Crippen molar-refractivity contribution in [1.29, 1.82) is 0 Å². The number of benzene rings is 1. The summed E-state index contributed by atoms with van der Waals surface area (Å²) >= 11 is 0. The van der Waals surface area contributed by atoms with Gasteiger partial charge in [0.2, 0.25) is 0 Å². The summed E-state index contributed by atoms with van der Waals surface area (Å²) in [5, 5.41) is 14.1. The largest absolute Gasteiger partial charge is 0.396 e. The zero-order valence-corrected chi connectivity index (χ0v) is 16.9. The van der Waals surface area contributed by atoms with Gasteiger partial charge in [-0.3, -0.25) is 4.90 Å². The molecule has 0 amide bonds. The lowest BCUT2D eigenvalue weighted by Gasteiger charge is -2.34. The number of nitrogens with one attached hydrogen (secondary N) is 1. The molecule has 1 unspecified atom stereocenters. The van der Waals surface area contributed by atoms with E-state index in [0.717, 1.165) is 88.6 Å². The Morgan fingerprint density at radius 1 is 1.21 bits per heavy atom. The molecule has 2 aromatic rings. The van der Waals surface area contributed by atoms with Crippen LogP contribution in [-0.4, -0.2) is 74.1 Å². The van der Waals surface area contributed by atoms with Crippen LogP contribution in [0.1, 0.15) is 18.4 Å². The molecule has 158 valence electrons. The SMILES string of the molecule is OCC1CCCN(c2nc3cc(F)ccc3cc2CNCCN2CCOCC2)C1. The molecule has 2 aliphatic rings. The van der Waals surface area contributed by atoms with Crippen molar-refractivity contribution < 1.29 is 14.2 Å². The van der Waals surface area contributed by atoms with Crippen LogP contribution in [0.2, 0.25) is 0 Å². The molecule has 0 saturated carbocycles. The Labute approximate surface area is 171 Å². The second-order valence-corrected chi connectivity index (χ2v) is 8.08. The minimum atomic E-state index is -0.265. The maximum Gasteiger partial charge on any atom is 0.133 e. The van der Waals surface area contributed by atoms with E-state index in [1.54, 1.807) is 6.07 Å². The van der Waals surface area contributed by atoms with Crippen LogP contribution in [0, 0.1) is 11.7 Å².